The van der Waals surface area contributed by atoms with Gasteiger partial charge in [0.05, 0.1) is 12.7 Å². The van der Waals surface area contributed by atoms with E-state index in [1.165, 1.54) is 12.0 Å². The number of pyridine rings is 1. The van der Waals surface area contributed by atoms with Crippen molar-refractivity contribution in [1.82, 2.24) is 9.88 Å². The molecule has 2 saturated heterocycles. The molecule has 1 aromatic carbocycles. The van der Waals surface area contributed by atoms with E-state index in [0.717, 1.165) is 38.1 Å². The van der Waals surface area contributed by atoms with Crippen LogP contribution in [0.1, 0.15) is 24.0 Å². The molecule has 2 fully saturated rings. The van der Waals surface area contributed by atoms with Crippen LogP contribution in [0.5, 0.6) is 0 Å². The Labute approximate surface area is 149 Å². The Morgan fingerprint density at radius 3 is 2.84 bits per heavy atom. The number of fused-ring (bicyclic) bond motifs is 1. The fraction of sp³-hybridized carbons (Fsp3) is 0.476. The zero-order valence-electron chi connectivity index (χ0n) is 14.6. The molecule has 4 nitrogen and oxygen atoms in total. The van der Waals surface area contributed by atoms with Crippen molar-refractivity contribution in [2.75, 3.05) is 19.7 Å². The first-order chi connectivity index (χ1) is 12.4. The van der Waals surface area contributed by atoms with Crippen LogP contribution >= 0.6 is 0 Å². The van der Waals surface area contributed by atoms with Crippen LogP contribution in [0.4, 0.5) is 0 Å². The molecule has 25 heavy (non-hydrogen) atoms. The lowest BCUT2D eigenvalue weighted by molar-refractivity contribution is -0.0817. The molecule has 1 aromatic heterocycles. The van der Waals surface area contributed by atoms with Gasteiger partial charge in [0, 0.05) is 38.1 Å². The summed E-state index contributed by atoms with van der Waals surface area (Å²) in [5.74, 6) is 0. The van der Waals surface area contributed by atoms with Gasteiger partial charge in [-0.3, -0.25) is 9.88 Å². The summed E-state index contributed by atoms with van der Waals surface area (Å²) in [5, 5.41) is 0. The fourth-order valence-electron chi connectivity index (χ4n) is 4.01. The van der Waals surface area contributed by atoms with E-state index >= 15 is 0 Å². The molecule has 0 unspecified atom stereocenters. The second-order valence-corrected chi connectivity index (χ2v) is 6.99. The first kappa shape index (κ1) is 16.7. The van der Waals surface area contributed by atoms with Crippen LogP contribution in [0.15, 0.2) is 54.9 Å². The van der Waals surface area contributed by atoms with Crippen molar-refractivity contribution in [3.05, 3.63) is 66.0 Å². The first-order valence-corrected chi connectivity index (χ1v) is 9.30. The average molecular weight is 338 g/mol. The standard InChI is InChI=1S/C21H26N2O2/c1-2-6-17(7-3-1)10-12-23-15-20(21-19(23)9-5-13-24-21)25-16-18-8-4-11-22-14-18/h1-4,6-8,11,14,19-21H,5,9-10,12-13,15-16H2/t19-,20+,21+/m0/s1. The van der Waals surface area contributed by atoms with E-state index in [0.29, 0.717) is 12.6 Å². The van der Waals surface area contributed by atoms with Gasteiger partial charge < -0.3 is 9.47 Å². The number of hydrogen-bond donors (Lipinski definition) is 0. The molecule has 0 N–H and O–H groups in total. The minimum absolute atomic E-state index is 0.154. The van der Waals surface area contributed by atoms with Crippen molar-refractivity contribution < 1.29 is 9.47 Å². The van der Waals surface area contributed by atoms with Crippen LogP contribution in [0.2, 0.25) is 0 Å². The molecule has 0 radical (unpaired) electrons. The van der Waals surface area contributed by atoms with Crippen LogP contribution < -0.4 is 0 Å². The third-order valence-corrected chi connectivity index (χ3v) is 5.30. The number of nitrogens with zero attached hydrogens (tertiary/aromatic N) is 2. The number of rotatable bonds is 6. The van der Waals surface area contributed by atoms with Crippen molar-refractivity contribution in [2.24, 2.45) is 0 Å². The van der Waals surface area contributed by atoms with E-state index in [1.54, 1.807) is 6.20 Å². The minimum Gasteiger partial charge on any atom is -0.374 e. The van der Waals surface area contributed by atoms with Crippen molar-refractivity contribution in [3.8, 4) is 0 Å². The topological polar surface area (TPSA) is 34.6 Å². The van der Waals surface area contributed by atoms with Gasteiger partial charge in [-0.25, -0.2) is 0 Å². The quantitative estimate of drug-likeness (QED) is 0.811. The normalized spacial score (nSPS) is 26.5. The Kier molecular flexibility index (Phi) is 5.40. The van der Waals surface area contributed by atoms with Crippen molar-refractivity contribution in [2.45, 2.75) is 44.1 Å². The van der Waals surface area contributed by atoms with Crippen molar-refractivity contribution in [1.29, 1.82) is 0 Å². The Bertz CT molecular complexity index is 592. The molecule has 3 heterocycles. The molecule has 0 aliphatic carbocycles. The molecular weight excluding hydrogens is 312 g/mol. The van der Waals surface area contributed by atoms with Gasteiger partial charge in [0.15, 0.2) is 0 Å². The molecule has 0 saturated carbocycles. The zero-order chi connectivity index (χ0) is 16.9. The maximum atomic E-state index is 6.23. The maximum Gasteiger partial charge on any atom is 0.100 e. The smallest absolute Gasteiger partial charge is 0.100 e. The molecule has 3 atom stereocenters. The third-order valence-electron chi connectivity index (χ3n) is 5.30. The summed E-state index contributed by atoms with van der Waals surface area (Å²) in [6.45, 7) is 3.50. The summed E-state index contributed by atoms with van der Waals surface area (Å²) in [7, 11) is 0. The summed E-state index contributed by atoms with van der Waals surface area (Å²) in [6, 6.07) is 15.2. The van der Waals surface area contributed by atoms with Gasteiger partial charge in [0.1, 0.15) is 6.10 Å². The van der Waals surface area contributed by atoms with Gasteiger partial charge in [-0.1, -0.05) is 36.4 Å². The molecule has 0 bridgehead atoms. The van der Waals surface area contributed by atoms with Crippen molar-refractivity contribution >= 4 is 0 Å². The van der Waals surface area contributed by atoms with Crippen molar-refractivity contribution in [3.63, 3.8) is 0 Å². The molecule has 4 heteroatoms. The van der Waals surface area contributed by atoms with Crippen LogP contribution in [-0.4, -0.2) is 47.8 Å². The Morgan fingerprint density at radius 2 is 2.00 bits per heavy atom. The summed E-state index contributed by atoms with van der Waals surface area (Å²) in [4.78, 5) is 6.74. The molecule has 4 rings (SSSR count). The number of aromatic nitrogens is 1. The van der Waals surface area contributed by atoms with E-state index in [1.807, 2.05) is 12.3 Å². The minimum atomic E-state index is 0.154. The van der Waals surface area contributed by atoms with Crippen LogP contribution in [-0.2, 0) is 22.5 Å². The second-order valence-electron chi connectivity index (χ2n) is 6.99. The Hall–Kier alpha value is -1.75. The highest BCUT2D eigenvalue weighted by Crippen LogP contribution is 2.31. The molecule has 0 spiro atoms. The predicted molar refractivity (Wildman–Crippen MR) is 97.3 cm³/mol. The number of ether oxygens (including phenoxy) is 2. The van der Waals surface area contributed by atoms with E-state index in [9.17, 15) is 0 Å². The van der Waals surface area contributed by atoms with Gasteiger partial charge in [-0.2, -0.15) is 0 Å². The van der Waals surface area contributed by atoms with Gasteiger partial charge >= 0.3 is 0 Å². The van der Waals surface area contributed by atoms with Gasteiger partial charge in [-0.05, 0) is 36.5 Å². The van der Waals surface area contributed by atoms with E-state index in [2.05, 4.69) is 46.3 Å². The largest absolute Gasteiger partial charge is 0.374 e. The summed E-state index contributed by atoms with van der Waals surface area (Å²) >= 11 is 0. The highest BCUT2D eigenvalue weighted by Gasteiger charge is 2.44. The van der Waals surface area contributed by atoms with Crippen LogP contribution in [0.25, 0.3) is 0 Å². The summed E-state index contributed by atoms with van der Waals surface area (Å²) in [5.41, 5.74) is 2.52. The van der Waals surface area contributed by atoms with Crippen LogP contribution in [0.3, 0.4) is 0 Å². The zero-order valence-corrected chi connectivity index (χ0v) is 14.6. The van der Waals surface area contributed by atoms with Gasteiger partial charge in [0.2, 0.25) is 0 Å². The third kappa shape index (κ3) is 4.09. The number of hydrogen-bond acceptors (Lipinski definition) is 4. The molecule has 132 valence electrons. The average Bonchev–Trinajstić information content (AvgIpc) is 3.04. The maximum absolute atomic E-state index is 6.23. The molecular formula is C21H26N2O2. The van der Waals surface area contributed by atoms with Gasteiger partial charge in [0.25, 0.3) is 0 Å². The van der Waals surface area contributed by atoms with Crippen LogP contribution in [0, 0.1) is 0 Å². The second kappa shape index (κ2) is 8.09. The number of benzene rings is 1. The highest BCUT2D eigenvalue weighted by molar-refractivity contribution is 5.15. The Balaban J connectivity index is 1.37. The lowest BCUT2D eigenvalue weighted by atomic mass is 10.0. The summed E-state index contributed by atoms with van der Waals surface area (Å²) < 4.78 is 12.3. The Morgan fingerprint density at radius 1 is 1.12 bits per heavy atom. The molecule has 2 aliphatic heterocycles. The van der Waals surface area contributed by atoms with E-state index in [4.69, 9.17) is 9.47 Å². The lowest BCUT2D eigenvalue weighted by Crippen LogP contribution is -2.42. The lowest BCUT2D eigenvalue weighted by Gasteiger charge is -2.32. The van der Waals surface area contributed by atoms with E-state index < -0.39 is 0 Å². The molecule has 0 amide bonds. The summed E-state index contributed by atoms with van der Waals surface area (Å²) in [6.07, 6.45) is 7.48. The number of likely N-dealkylation sites (tertiary alicyclic amines) is 1. The fourth-order valence-corrected chi connectivity index (χ4v) is 4.01. The molecule has 2 aromatic rings. The van der Waals surface area contributed by atoms with E-state index in [-0.39, 0.29) is 12.2 Å². The first-order valence-electron chi connectivity index (χ1n) is 9.30. The predicted octanol–water partition coefficient (Wildman–Crippen LogP) is 3.07. The van der Waals surface area contributed by atoms with Gasteiger partial charge in [-0.15, -0.1) is 0 Å². The molecule has 2 aliphatic rings. The highest BCUT2D eigenvalue weighted by atomic mass is 16.5. The SMILES string of the molecule is c1ccc(CCN2C[C@@H](OCc3cccnc3)[C@@H]3OCCC[C@@H]32)cc1. The monoisotopic (exact) mass is 338 g/mol.